The van der Waals surface area contributed by atoms with Crippen LogP contribution in [0.3, 0.4) is 0 Å². The van der Waals surface area contributed by atoms with E-state index in [1.807, 2.05) is 56.3 Å². The van der Waals surface area contributed by atoms with Gasteiger partial charge in [-0.1, -0.05) is 49.0 Å². The second-order valence-corrected chi connectivity index (χ2v) is 9.09. The molecular formula is C21H20BrNO3S2. The zero-order valence-electron chi connectivity index (χ0n) is 15.6. The molecule has 0 saturated carbocycles. The third-order valence-electron chi connectivity index (χ3n) is 3.73. The van der Waals surface area contributed by atoms with Crippen molar-refractivity contribution in [2.45, 2.75) is 20.5 Å². The Kier molecular flexibility index (Phi) is 7.65. The second kappa shape index (κ2) is 10.2. The summed E-state index contributed by atoms with van der Waals surface area (Å²) in [6, 6.07) is 13.8. The van der Waals surface area contributed by atoms with E-state index < -0.39 is 0 Å². The normalized spacial score (nSPS) is 15.0. The number of benzene rings is 2. The zero-order chi connectivity index (χ0) is 19.9. The van der Waals surface area contributed by atoms with Crippen LogP contribution in [0.5, 0.6) is 11.5 Å². The van der Waals surface area contributed by atoms with Crippen molar-refractivity contribution in [3.63, 3.8) is 0 Å². The van der Waals surface area contributed by atoms with E-state index in [0.717, 1.165) is 25.7 Å². The van der Waals surface area contributed by atoms with Gasteiger partial charge in [0.15, 0.2) is 11.5 Å². The SMILES string of the molecule is CCOc1cc(/C=C2/N=C(SCC)SC2=O)cc(Br)c1OCc1ccccc1. The predicted molar refractivity (Wildman–Crippen MR) is 122 cm³/mol. The molecule has 0 spiro atoms. The third kappa shape index (κ3) is 5.43. The minimum absolute atomic E-state index is 0.0329. The number of carbonyl (C=O) groups excluding carboxylic acids is 1. The molecule has 3 rings (SSSR count). The van der Waals surface area contributed by atoms with E-state index in [-0.39, 0.29) is 5.12 Å². The van der Waals surface area contributed by atoms with Gasteiger partial charge in [0.05, 0.1) is 11.1 Å². The van der Waals surface area contributed by atoms with E-state index in [1.165, 1.54) is 11.8 Å². The Bertz CT molecular complexity index is 913. The van der Waals surface area contributed by atoms with Crippen LogP contribution in [-0.4, -0.2) is 21.9 Å². The summed E-state index contributed by atoms with van der Waals surface area (Å²) >= 11 is 6.34. The molecule has 1 aliphatic heterocycles. The molecule has 0 unspecified atom stereocenters. The van der Waals surface area contributed by atoms with Crippen LogP contribution < -0.4 is 9.47 Å². The first kappa shape index (κ1) is 21.0. The Morgan fingerprint density at radius 3 is 2.68 bits per heavy atom. The van der Waals surface area contributed by atoms with Gasteiger partial charge in [-0.3, -0.25) is 4.79 Å². The highest BCUT2D eigenvalue weighted by Crippen LogP contribution is 2.39. The summed E-state index contributed by atoms with van der Waals surface area (Å²) in [5.74, 6) is 2.16. The van der Waals surface area contributed by atoms with Crippen molar-refractivity contribution in [2.24, 2.45) is 4.99 Å². The number of halogens is 1. The molecule has 0 atom stereocenters. The van der Waals surface area contributed by atoms with Crippen molar-refractivity contribution in [1.82, 2.24) is 0 Å². The van der Waals surface area contributed by atoms with E-state index in [4.69, 9.17) is 9.47 Å². The fourth-order valence-corrected chi connectivity index (χ4v) is 4.85. The second-order valence-electron chi connectivity index (χ2n) is 5.77. The topological polar surface area (TPSA) is 47.9 Å². The monoisotopic (exact) mass is 477 g/mol. The van der Waals surface area contributed by atoms with E-state index in [2.05, 4.69) is 20.9 Å². The van der Waals surface area contributed by atoms with E-state index in [9.17, 15) is 4.79 Å². The number of thioether (sulfide) groups is 2. The maximum atomic E-state index is 12.2. The summed E-state index contributed by atoms with van der Waals surface area (Å²) in [5.41, 5.74) is 2.36. The quantitative estimate of drug-likeness (QED) is 0.447. The summed E-state index contributed by atoms with van der Waals surface area (Å²) < 4.78 is 13.4. The van der Waals surface area contributed by atoms with Crippen molar-refractivity contribution < 1.29 is 14.3 Å². The number of nitrogens with zero attached hydrogens (tertiary/aromatic N) is 1. The Balaban J connectivity index is 1.86. The number of hydrogen-bond acceptors (Lipinski definition) is 6. The van der Waals surface area contributed by atoms with Crippen molar-refractivity contribution in [3.8, 4) is 11.5 Å². The Labute approximate surface area is 181 Å². The number of carbonyl (C=O) groups is 1. The minimum atomic E-state index is -0.0329. The highest BCUT2D eigenvalue weighted by Gasteiger charge is 2.22. The van der Waals surface area contributed by atoms with Crippen molar-refractivity contribution >= 4 is 55.0 Å². The van der Waals surface area contributed by atoms with E-state index >= 15 is 0 Å². The van der Waals surface area contributed by atoms with Crippen LogP contribution in [0.1, 0.15) is 25.0 Å². The standard InChI is InChI=1S/C21H20BrNO3S2/c1-3-25-18-12-15(11-17-20(24)28-21(23-17)27-4-2)10-16(22)19(18)26-13-14-8-6-5-7-9-14/h5-12H,3-4,13H2,1-2H3/b17-11+. The van der Waals surface area contributed by atoms with Crippen molar-refractivity contribution in [2.75, 3.05) is 12.4 Å². The maximum absolute atomic E-state index is 12.2. The fraction of sp³-hybridized carbons (Fsp3) is 0.238. The summed E-state index contributed by atoms with van der Waals surface area (Å²) in [6.45, 7) is 4.92. The molecule has 28 heavy (non-hydrogen) atoms. The Morgan fingerprint density at radius 2 is 1.96 bits per heavy atom. The van der Waals surface area contributed by atoms with Crippen molar-refractivity contribution in [1.29, 1.82) is 0 Å². The first-order valence-electron chi connectivity index (χ1n) is 8.89. The molecule has 0 aromatic heterocycles. The lowest BCUT2D eigenvalue weighted by molar-refractivity contribution is -0.107. The molecule has 0 saturated heterocycles. The molecule has 2 aromatic rings. The fourth-order valence-electron chi connectivity index (χ4n) is 2.54. The van der Waals surface area contributed by atoms with Gasteiger partial charge in [-0.25, -0.2) is 4.99 Å². The molecule has 0 amide bonds. The average Bonchev–Trinajstić information content (AvgIpc) is 3.01. The molecule has 2 aromatic carbocycles. The van der Waals surface area contributed by atoms with Gasteiger partial charge in [0.1, 0.15) is 16.7 Å². The summed E-state index contributed by atoms with van der Waals surface area (Å²) in [5, 5.41) is -0.0329. The first-order chi connectivity index (χ1) is 13.6. The molecule has 0 N–H and O–H groups in total. The Morgan fingerprint density at radius 1 is 1.18 bits per heavy atom. The van der Waals surface area contributed by atoms with Gasteiger partial charge in [0.25, 0.3) is 0 Å². The largest absolute Gasteiger partial charge is 0.490 e. The molecule has 0 fully saturated rings. The lowest BCUT2D eigenvalue weighted by Gasteiger charge is -2.15. The van der Waals surface area contributed by atoms with Crippen LogP contribution in [0.4, 0.5) is 0 Å². The zero-order valence-corrected chi connectivity index (χ0v) is 18.8. The number of rotatable bonds is 7. The first-order valence-corrected chi connectivity index (χ1v) is 11.5. The van der Waals surface area contributed by atoms with Crippen LogP contribution in [0.15, 0.2) is 57.6 Å². The highest BCUT2D eigenvalue weighted by molar-refractivity contribution is 9.10. The van der Waals surface area contributed by atoms with Gasteiger partial charge in [0, 0.05) is 0 Å². The number of aliphatic imine (C=N–C) groups is 1. The van der Waals surface area contributed by atoms with Crippen LogP contribution in [0.25, 0.3) is 6.08 Å². The molecule has 0 aliphatic carbocycles. The summed E-state index contributed by atoms with van der Waals surface area (Å²) in [4.78, 5) is 16.6. The Hall–Kier alpha value is -1.70. The van der Waals surface area contributed by atoms with Gasteiger partial charge >= 0.3 is 0 Å². The highest BCUT2D eigenvalue weighted by atomic mass is 79.9. The van der Waals surface area contributed by atoms with E-state index in [0.29, 0.717) is 30.4 Å². The number of hydrogen-bond donors (Lipinski definition) is 0. The molecule has 7 heteroatoms. The molecular weight excluding hydrogens is 458 g/mol. The van der Waals surface area contributed by atoms with Gasteiger partial charge < -0.3 is 9.47 Å². The molecule has 1 heterocycles. The van der Waals surface area contributed by atoms with Crippen LogP contribution in [0, 0.1) is 0 Å². The summed E-state index contributed by atoms with van der Waals surface area (Å²) in [7, 11) is 0. The smallest absolute Gasteiger partial charge is 0.244 e. The molecule has 0 radical (unpaired) electrons. The molecule has 4 nitrogen and oxygen atoms in total. The average molecular weight is 478 g/mol. The van der Waals surface area contributed by atoms with Crippen LogP contribution in [-0.2, 0) is 11.4 Å². The number of ether oxygens (including phenoxy) is 2. The van der Waals surface area contributed by atoms with Gasteiger partial charge in [-0.2, -0.15) is 0 Å². The van der Waals surface area contributed by atoms with Crippen LogP contribution in [0.2, 0.25) is 0 Å². The molecule has 1 aliphatic rings. The third-order valence-corrected chi connectivity index (χ3v) is 6.21. The maximum Gasteiger partial charge on any atom is 0.244 e. The minimum Gasteiger partial charge on any atom is -0.490 e. The van der Waals surface area contributed by atoms with Gasteiger partial charge in [-0.15, -0.1) is 0 Å². The lowest BCUT2D eigenvalue weighted by Crippen LogP contribution is -2.01. The van der Waals surface area contributed by atoms with Gasteiger partial charge in [0.2, 0.25) is 5.12 Å². The molecule has 0 bridgehead atoms. The molecule has 146 valence electrons. The summed E-state index contributed by atoms with van der Waals surface area (Å²) in [6.07, 6.45) is 1.78. The van der Waals surface area contributed by atoms with Gasteiger partial charge in [-0.05, 0) is 69.7 Å². The lowest BCUT2D eigenvalue weighted by atomic mass is 10.1. The van der Waals surface area contributed by atoms with Crippen molar-refractivity contribution in [3.05, 3.63) is 63.8 Å². The van der Waals surface area contributed by atoms with E-state index in [1.54, 1.807) is 17.8 Å². The predicted octanol–water partition coefficient (Wildman–Crippen LogP) is 6.15. The van der Waals surface area contributed by atoms with Crippen LogP contribution >= 0.6 is 39.5 Å².